The van der Waals surface area contributed by atoms with Crippen molar-refractivity contribution < 1.29 is 4.79 Å². The van der Waals surface area contributed by atoms with E-state index in [0.717, 1.165) is 28.3 Å². The van der Waals surface area contributed by atoms with Gasteiger partial charge in [-0.05, 0) is 25.5 Å². The van der Waals surface area contributed by atoms with Crippen LogP contribution in [0.3, 0.4) is 0 Å². The first-order chi connectivity index (χ1) is 10.6. The van der Waals surface area contributed by atoms with Crippen molar-refractivity contribution in [2.75, 3.05) is 0 Å². The third-order valence-electron chi connectivity index (χ3n) is 3.45. The Kier molecular flexibility index (Phi) is 3.82. The second-order valence-electron chi connectivity index (χ2n) is 5.24. The van der Waals surface area contributed by atoms with Gasteiger partial charge in [-0.3, -0.25) is 14.8 Å². The monoisotopic (exact) mass is 295 g/mol. The molecule has 0 saturated heterocycles. The Morgan fingerprint density at radius 2 is 2.05 bits per heavy atom. The van der Waals surface area contributed by atoms with Gasteiger partial charge < -0.3 is 9.72 Å². The van der Waals surface area contributed by atoms with Gasteiger partial charge in [-0.15, -0.1) is 0 Å². The first kappa shape index (κ1) is 14.2. The van der Waals surface area contributed by atoms with Crippen molar-refractivity contribution in [1.82, 2.24) is 24.7 Å². The lowest BCUT2D eigenvalue weighted by molar-refractivity contribution is -0.120. The number of carbonyl (C=O) groups excluding carboxylic acids is 1. The Hall–Kier alpha value is -2.76. The fourth-order valence-corrected chi connectivity index (χ4v) is 2.26. The van der Waals surface area contributed by atoms with Crippen molar-refractivity contribution in [3.63, 3.8) is 0 Å². The number of nitrogens with zero attached hydrogens (tertiary/aromatic N) is 4. The van der Waals surface area contributed by atoms with Crippen LogP contribution in [0, 0.1) is 13.8 Å². The molecule has 6 heteroatoms. The van der Waals surface area contributed by atoms with E-state index in [0.29, 0.717) is 6.54 Å². The minimum atomic E-state index is -0.0642. The fraction of sp³-hybridized carbons (Fsp3) is 0.250. The molecule has 0 saturated carbocycles. The fourth-order valence-electron chi connectivity index (χ4n) is 2.26. The van der Waals surface area contributed by atoms with Gasteiger partial charge in [0.15, 0.2) is 0 Å². The Morgan fingerprint density at radius 3 is 2.82 bits per heavy atom. The molecule has 0 fully saturated rings. The Bertz CT molecular complexity index is 807. The smallest absolute Gasteiger partial charge is 0.226 e. The second kappa shape index (κ2) is 5.93. The highest BCUT2D eigenvalue weighted by molar-refractivity contribution is 5.78. The molecule has 0 atom stereocenters. The van der Waals surface area contributed by atoms with Crippen molar-refractivity contribution in [1.29, 1.82) is 0 Å². The summed E-state index contributed by atoms with van der Waals surface area (Å²) in [6.45, 7) is 4.26. The van der Waals surface area contributed by atoms with Crippen molar-refractivity contribution in [2.45, 2.75) is 26.8 Å². The predicted molar refractivity (Wildman–Crippen MR) is 82.2 cm³/mol. The Morgan fingerprint density at radius 1 is 1.18 bits per heavy atom. The summed E-state index contributed by atoms with van der Waals surface area (Å²) in [6, 6.07) is 3.95. The summed E-state index contributed by atoms with van der Waals surface area (Å²) in [5.74, 6) is -0.0642. The maximum Gasteiger partial charge on any atom is 0.226 e. The molecular formula is C16H17N5O. The number of fused-ring (bicyclic) bond motifs is 1. The lowest BCUT2D eigenvalue weighted by Crippen LogP contribution is -2.25. The molecule has 6 nitrogen and oxygen atoms in total. The van der Waals surface area contributed by atoms with Crippen molar-refractivity contribution in [3.8, 4) is 0 Å². The zero-order chi connectivity index (χ0) is 15.5. The van der Waals surface area contributed by atoms with Gasteiger partial charge in [-0.2, -0.15) is 0 Å². The van der Waals surface area contributed by atoms with Crippen LogP contribution in [0.15, 0.2) is 36.9 Å². The SMILES string of the molecule is Cc1cnc(CNC(=O)Cc2cnc3c(C)cccn23)cn1. The topological polar surface area (TPSA) is 72.2 Å². The van der Waals surface area contributed by atoms with E-state index in [1.165, 1.54) is 0 Å². The van der Waals surface area contributed by atoms with E-state index in [4.69, 9.17) is 0 Å². The molecule has 3 aromatic heterocycles. The molecule has 112 valence electrons. The van der Waals surface area contributed by atoms with Crippen LogP contribution in [0.5, 0.6) is 0 Å². The van der Waals surface area contributed by atoms with E-state index < -0.39 is 0 Å². The minimum Gasteiger partial charge on any atom is -0.350 e. The molecule has 0 radical (unpaired) electrons. The molecule has 0 aliphatic carbocycles. The number of carbonyl (C=O) groups is 1. The van der Waals surface area contributed by atoms with Gasteiger partial charge in [0.1, 0.15) is 5.65 Å². The van der Waals surface area contributed by atoms with Gasteiger partial charge in [0.05, 0.1) is 36.2 Å². The van der Waals surface area contributed by atoms with Crippen molar-refractivity contribution in [2.24, 2.45) is 0 Å². The molecule has 3 rings (SSSR count). The number of imidazole rings is 1. The number of rotatable bonds is 4. The number of nitrogens with one attached hydrogen (secondary N) is 1. The number of aryl methyl sites for hydroxylation is 2. The first-order valence-corrected chi connectivity index (χ1v) is 7.09. The summed E-state index contributed by atoms with van der Waals surface area (Å²) >= 11 is 0. The predicted octanol–water partition coefficient (Wildman–Crippen LogP) is 1.60. The third kappa shape index (κ3) is 2.95. The van der Waals surface area contributed by atoms with E-state index in [1.807, 2.05) is 36.6 Å². The molecule has 3 aromatic rings. The van der Waals surface area contributed by atoms with Crippen LogP contribution in [-0.2, 0) is 17.8 Å². The summed E-state index contributed by atoms with van der Waals surface area (Å²) in [5.41, 5.74) is 4.44. The highest BCUT2D eigenvalue weighted by atomic mass is 16.1. The van der Waals surface area contributed by atoms with Crippen LogP contribution < -0.4 is 5.32 Å². The molecule has 0 spiro atoms. The largest absolute Gasteiger partial charge is 0.350 e. The zero-order valence-electron chi connectivity index (χ0n) is 12.6. The summed E-state index contributed by atoms with van der Waals surface area (Å²) in [7, 11) is 0. The van der Waals surface area contributed by atoms with Crippen LogP contribution in [0.25, 0.3) is 5.65 Å². The lowest BCUT2D eigenvalue weighted by atomic mass is 10.3. The van der Waals surface area contributed by atoms with Crippen LogP contribution in [0.2, 0.25) is 0 Å². The van der Waals surface area contributed by atoms with Crippen LogP contribution in [-0.4, -0.2) is 25.3 Å². The van der Waals surface area contributed by atoms with Crippen LogP contribution in [0.1, 0.15) is 22.6 Å². The molecule has 0 bridgehead atoms. The van der Waals surface area contributed by atoms with Gasteiger partial charge in [0.25, 0.3) is 0 Å². The molecule has 0 unspecified atom stereocenters. The van der Waals surface area contributed by atoms with Gasteiger partial charge in [0.2, 0.25) is 5.91 Å². The molecule has 3 heterocycles. The first-order valence-electron chi connectivity index (χ1n) is 7.09. The molecule has 0 aromatic carbocycles. The highest BCUT2D eigenvalue weighted by Gasteiger charge is 2.09. The number of aromatic nitrogens is 4. The average molecular weight is 295 g/mol. The third-order valence-corrected chi connectivity index (χ3v) is 3.45. The van der Waals surface area contributed by atoms with Gasteiger partial charge in [-0.1, -0.05) is 6.07 Å². The van der Waals surface area contributed by atoms with Gasteiger partial charge in [0, 0.05) is 18.6 Å². The van der Waals surface area contributed by atoms with E-state index in [2.05, 4.69) is 20.3 Å². The van der Waals surface area contributed by atoms with E-state index in [1.54, 1.807) is 18.6 Å². The number of pyridine rings is 1. The number of hydrogen-bond acceptors (Lipinski definition) is 4. The molecule has 22 heavy (non-hydrogen) atoms. The maximum absolute atomic E-state index is 12.1. The standard InChI is InChI=1S/C16H17N5O/c1-11-4-3-5-21-14(10-20-16(11)21)6-15(22)19-9-13-8-17-12(2)7-18-13/h3-5,7-8,10H,6,9H2,1-2H3,(H,19,22). The van der Waals surface area contributed by atoms with Crippen LogP contribution >= 0.6 is 0 Å². The van der Waals surface area contributed by atoms with Crippen molar-refractivity contribution in [3.05, 3.63) is 59.6 Å². The lowest BCUT2D eigenvalue weighted by Gasteiger charge is -2.05. The zero-order valence-corrected chi connectivity index (χ0v) is 12.6. The van der Waals surface area contributed by atoms with Crippen molar-refractivity contribution >= 4 is 11.6 Å². The summed E-state index contributed by atoms with van der Waals surface area (Å²) < 4.78 is 1.95. The molecule has 0 aliphatic rings. The van der Waals surface area contributed by atoms with Gasteiger partial charge in [-0.25, -0.2) is 4.98 Å². The average Bonchev–Trinajstić information content (AvgIpc) is 2.91. The molecular weight excluding hydrogens is 278 g/mol. The maximum atomic E-state index is 12.1. The molecule has 1 N–H and O–H groups in total. The van der Waals surface area contributed by atoms with E-state index >= 15 is 0 Å². The minimum absolute atomic E-state index is 0.0642. The number of amides is 1. The molecule has 0 aliphatic heterocycles. The Labute approximate surface area is 128 Å². The summed E-state index contributed by atoms with van der Waals surface area (Å²) in [5, 5.41) is 2.85. The Balaban J connectivity index is 1.66. The quantitative estimate of drug-likeness (QED) is 0.793. The van der Waals surface area contributed by atoms with E-state index in [9.17, 15) is 4.79 Å². The van der Waals surface area contributed by atoms with Gasteiger partial charge >= 0.3 is 0 Å². The summed E-state index contributed by atoms with van der Waals surface area (Å²) in [4.78, 5) is 24.8. The molecule has 1 amide bonds. The second-order valence-corrected chi connectivity index (χ2v) is 5.24. The van der Waals surface area contributed by atoms with Crippen LogP contribution in [0.4, 0.5) is 0 Å². The van der Waals surface area contributed by atoms with E-state index in [-0.39, 0.29) is 12.3 Å². The summed E-state index contributed by atoms with van der Waals surface area (Å²) in [6.07, 6.45) is 7.31. The normalized spacial score (nSPS) is 10.8. The number of hydrogen-bond donors (Lipinski definition) is 1. The highest BCUT2D eigenvalue weighted by Crippen LogP contribution is 2.11.